The molecule has 0 aliphatic carbocycles. The van der Waals surface area contributed by atoms with Crippen LogP contribution in [0.2, 0.25) is 0 Å². The van der Waals surface area contributed by atoms with Gasteiger partial charge in [-0.15, -0.1) is 0 Å². The van der Waals surface area contributed by atoms with Crippen LogP contribution in [0.3, 0.4) is 0 Å². The second-order valence-corrected chi connectivity index (χ2v) is 3.95. The summed E-state index contributed by atoms with van der Waals surface area (Å²) in [4.78, 5) is 24.0. The maximum absolute atomic E-state index is 11.3. The number of rotatable bonds is 3. The van der Waals surface area contributed by atoms with E-state index in [2.05, 4.69) is 5.32 Å². The van der Waals surface area contributed by atoms with Crippen LogP contribution in [0.4, 0.5) is 0 Å². The fraction of sp³-hybridized carbons (Fsp3) is 0.800. The van der Waals surface area contributed by atoms with Gasteiger partial charge in [0, 0.05) is 32.0 Å². The van der Waals surface area contributed by atoms with Crippen molar-refractivity contribution in [2.24, 2.45) is 0 Å². The molecule has 5 heteroatoms. The average Bonchev–Trinajstić information content (AvgIpc) is 2.58. The lowest BCUT2D eigenvalue weighted by atomic mass is 10.2. The first-order valence-electron chi connectivity index (χ1n) is 5.41. The average molecular weight is 212 g/mol. The number of imide groups is 1. The van der Waals surface area contributed by atoms with Gasteiger partial charge in [0.2, 0.25) is 11.8 Å². The Balaban J connectivity index is 1.76. The third kappa shape index (κ3) is 2.54. The van der Waals surface area contributed by atoms with E-state index in [-0.39, 0.29) is 17.9 Å². The zero-order chi connectivity index (χ0) is 10.7. The van der Waals surface area contributed by atoms with Crippen LogP contribution >= 0.6 is 0 Å². The highest BCUT2D eigenvalue weighted by Crippen LogP contribution is 2.12. The van der Waals surface area contributed by atoms with Gasteiger partial charge in [0.25, 0.3) is 0 Å². The minimum Gasteiger partial charge on any atom is -0.379 e. The molecular weight excluding hydrogens is 196 g/mol. The summed E-state index contributed by atoms with van der Waals surface area (Å²) in [6.07, 6.45) is 1.55. The summed E-state index contributed by atoms with van der Waals surface area (Å²) in [5, 5.41) is 3.30. The quantitative estimate of drug-likeness (QED) is 0.642. The molecule has 2 rings (SSSR count). The topological polar surface area (TPSA) is 58.6 Å². The summed E-state index contributed by atoms with van der Waals surface area (Å²) < 4.78 is 5.30. The van der Waals surface area contributed by atoms with E-state index >= 15 is 0 Å². The van der Waals surface area contributed by atoms with Gasteiger partial charge in [0.15, 0.2) is 0 Å². The third-order valence-electron chi connectivity index (χ3n) is 2.85. The van der Waals surface area contributed by atoms with E-state index in [0.29, 0.717) is 26.0 Å². The molecule has 0 aromatic heterocycles. The van der Waals surface area contributed by atoms with Gasteiger partial charge in [-0.05, 0) is 6.42 Å². The molecule has 0 aromatic carbocycles. The number of carbonyl (C=O) groups excluding carboxylic acids is 2. The van der Waals surface area contributed by atoms with Crippen LogP contribution in [0.15, 0.2) is 0 Å². The molecule has 1 N–H and O–H groups in total. The maximum Gasteiger partial charge on any atom is 0.229 e. The van der Waals surface area contributed by atoms with Crippen molar-refractivity contribution in [1.82, 2.24) is 10.2 Å². The first-order chi connectivity index (χ1) is 7.27. The Morgan fingerprint density at radius 2 is 2.07 bits per heavy atom. The highest BCUT2D eigenvalue weighted by Gasteiger charge is 2.29. The summed E-state index contributed by atoms with van der Waals surface area (Å²) in [5.74, 6) is -0.0616. The molecule has 2 aliphatic heterocycles. The Morgan fingerprint density at radius 1 is 1.33 bits per heavy atom. The number of nitrogens with zero attached hydrogens (tertiary/aromatic N) is 1. The lowest BCUT2D eigenvalue weighted by Gasteiger charge is -2.25. The van der Waals surface area contributed by atoms with Crippen LogP contribution in [0, 0.1) is 0 Å². The maximum atomic E-state index is 11.3. The molecular formula is C10H16N2O3. The predicted octanol–water partition coefficient (Wildman–Crippen LogP) is -0.486. The molecule has 0 aromatic rings. The van der Waals surface area contributed by atoms with Gasteiger partial charge in [0.05, 0.1) is 13.2 Å². The first kappa shape index (κ1) is 10.6. The number of nitrogens with one attached hydrogen (secondary N) is 1. The molecule has 2 amide bonds. The molecule has 5 nitrogen and oxygen atoms in total. The van der Waals surface area contributed by atoms with Crippen molar-refractivity contribution < 1.29 is 14.3 Å². The highest BCUT2D eigenvalue weighted by molar-refractivity contribution is 6.01. The lowest BCUT2D eigenvalue weighted by Crippen LogP contribution is -2.43. The Kier molecular flexibility index (Phi) is 3.33. The number of hydrogen-bond acceptors (Lipinski definition) is 4. The van der Waals surface area contributed by atoms with Gasteiger partial charge in [-0.2, -0.15) is 0 Å². The molecule has 1 atom stereocenters. The highest BCUT2D eigenvalue weighted by atomic mass is 16.5. The zero-order valence-electron chi connectivity index (χ0n) is 8.70. The van der Waals surface area contributed by atoms with Gasteiger partial charge >= 0.3 is 0 Å². The molecule has 15 heavy (non-hydrogen) atoms. The first-order valence-corrected chi connectivity index (χ1v) is 5.41. The van der Waals surface area contributed by atoms with E-state index < -0.39 is 0 Å². The normalized spacial score (nSPS) is 27.5. The van der Waals surface area contributed by atoms with Crippen molar-refractivity contribution in [3.8, 4) is 0 Å². The molecule has 2 aliphatic rings. The molecule has 2 saturated heterocycles. The largest absolute Gasteiger partial charge is 0.379 e. The molecule has 1 unspecified atom stereocenters. The van der Waals surface area contributed by atoms with Crippen LogP contribution in [-0.4, -0.2) is 49.1 Å². The predicted molar refractivity (Wildman–Crippen MR) is 53.2 cm³/mol. The molecule has 0 radical (unpaired) electrons. The van der Waals surface area contributed by atoms with E-state index in [9.17, 15) is 9.59 Å². The summed E-state index contributed by atoms with van der Waals surface area (Å²) in [6.45, 7) is 2.81. The van der Waals surface area contributed by atoms with E-state index in [4.69, 9.17) is 4.74 Å². The SMILES string of the molecule is O=C1CCC(=O)N1CCC1COCCN1. The number of ether oxygens (including phenoxy) is 1. The standard InChI is InChI=1S/C10H16N2O3/c13-9-1-2-10(14)12(9)5-3-8-7-15-6-4-11-8/h8,11H,1-7H2. The Labute approximate surface area is 88.8 Å². The monoisotopic (exact) mass is 212 g/mol. The summed E-state index contributed by atoms with van der Waals surface area (Å²) >= 11 is 0. The van der Waals surface area contributed by atoms with Gasteiger partial charge in [-0.3, -0.25) is 14.5 Å². The van der Waals surface area contributed by atoms with Crippen molar-refractivity contribution in [3.05, 3.63) is 0 Å². The van der Waals surface area contributed by atoms with Gasteiger partial charge in [-0.1, -0.05) is 0 Å². The molecule has 0 saturated carbocycles. The van der Waals surface area contributed by atoms with Crippen LogP contribution < -0.4 is 5.32 Å². The van der Waals surface area contributed by atoms with Crippen LogP contribution in [0.1, 0.15) is 19.3 Å². The van der Waals surface area contributed by atoms with Crippen molar-refractivity contribution >= 4 is 11.8 Å². The smallest absolute Gasteiger partial charge is 0.229 e. The molecule has 84 valence electrons. The second-order valence-electron chi connectivity index (χ2n) is 3.95. The van der Waals surface area contributed by atoms with E-state index in [0.717, 1.165) is 19.6 Å². The molecule has 0 spiro atoms. The van der Waals surface area contributed by atoms with Crippen LogP contribution in [-0.2, 0) is 14.3 Å². The van der Waals surface area contributed by atoms with Gasteiger partial charge in [0.1, 0.15) is 0 Å². The Hall–Kier alpha value is -0.940. The summed E-state index contributed by atoms with van der Waals surface area (Å²) in [6, 6.07) is 0.278. The van der Waals surface area contributed by atoms with Crippen molar-refractivity contribution in [2.45, 2.75) is 25.3 Å². The zero-order valence-corrected chi connectivity index (χ0v) is 8.70. The number of carbonyl (C=O) groups is 2. The van der Waals surface area contributed by atoms with Crippen molar-refractivity contribution in [3.63, 3.8) is 0 Å². The lowest BCUT2D eigenvalue weighted by molar-refractivity contribution is -0.138. The number of likely N-dealkylation sites (tertiary alicyclic amines) is 1. The van der Waals surface area contributed by atoms with E-state index in [1.807, 2.05) is 0 Å². The summed E-state index contributed by atoms with van der Waals surface area (Å²) in [5.41, 5.74) is 0. The Bertz CT molecular complexity index is 245. The van der Waals surface area contributed by atoms with E-state index in [1.165, 1.54) is 4.90 Å². The number of amides is 2. The van der Waals surface area contributed by atoms with Crippen LogP contribution in [0.25, 0.3) is 0 Å². The van der Waals surface area contributed by atoms with Gasteiger partial charge < -0.3 is 10.1 Å². The fourth-order valence-electron chi connectivity index (χ4n) is 1.96. The molecule has 2 fully saturated rings. The fourth-order valence-corrected chi connectivity index (χ4v) is 1.96. The minimum absolute atomic E-state index is 0.0308. The third-order valence-corrected chi connectivity index (χ3v) is 2.85. The van der Waals surface area contributed by atoms with E-state index in [1.54, 1.807) is 0 Å². The molecule has 2 heterocycles. The molecule has 0 bridgehead atoms. The summed E-state index contributed by atoms with van der Waals surface area (Å²) in [7, 11) is 0. The number of morpholine rings is 1. The second kappa shape index (κ2) is 4.72. The van der Waals surface area contributed by atoms with Crippen molar-refractivity contribution in [2.75, 3.05) is 26.3 Å². The van der Waals surface area contributed by atoms with Crippen LogP contribution in [0.5, 0.6) is 0 Å². The van der Waals surface area contributed by atoms with Crippen molar-refractivity contribution in [1.29, 1.82) is 0 Å². The van der Waals surface area contributed by atoms with Gasteiger partial charge in [-0.25, -0.2) is 0 Å². The number of hydrogen-bond donors (Lipinski definition) is 1. The Morgan fingerprint density at radius 3 is 2.67 bits per heavy atom. The minimum atomic E-state index is -0.0308.